The molecule has 1 atom stereocenters. The first-order chi connectivity index (χ1) is 13.0. The van der Waals surface area contributed by atoms with E-state index in [2.05, 4.69) is 9.55 Å². The van der Waals surface area contributed by atoms with Gasteiger partial charge >= 0.3 is 0 Å². The Morgan fingerprint density at radius 2 is 2.15 bits per heavy atom. The highest BCUT2D eigenvalue weighted by molar-refractivity contribution is 7.88. The summed E-state index contributed by atoms with van der Waals surface area (Å²) in [4.78, 5) is 8.90. The minimum atomic E-state index is -3.50. The molecule has 8 heteroatoms. The number of nitrogens with zero attached hydrogens (tertiary/aromatic N) is 4. The average molecular weight is 388 g/mol. The lowest BCUT2D eigenvalue weighted by atomic mass is 10.1. The minimum Gasteiger partial charge on any atom is -0.327 e. The van der Waals surface area contributed by atoms with Crippen molar-refractivity contribution in [1.82, 2.24) is 18.8 Å². The SMILES string of the molecule is CCn1c(C2CCN(S(=O)(=O)Cc3cccc(F)c3)C2)nc2ccncc21. The number of rotatable bonds is 5. The summed E-state index contributed by atoms with van der Waals surface area (Å²) in [5.74, 6) is 0.335. The number of hydrogen-bond acceptors (Lipinski definition) is 4. The summed E-state index contributed by atoms with van der Waals surface area (Å²) in [6, 6.07) is 7.63. The summed E-state index contributed by atoms with van der Waals surface area (Å²) in [6.45, 7) is 3.65. The van der Waals surface area contributed by atoms with E-state index in [1.165, 1.54) is 22.5 Å². The van der Waals surface area contributed by atoms with E-state index in [1.54, 1.807) is 18.5 Å². The zero-order valence-electron chi connectivity index (χ0n) is 15.0. The maximum absolute atomic E-state index is 13.4. The molecule has 3 aromatic rings. The van der Waals surface area contributed by atoms with Gasteiger partial charge < -0.3 is 4.57 Å². The van der Waals surface area contributed by atoms with Gasteiger partial charge in [-0.3, -0.25) is 4.98 Å². The fourth-order valence-corrected chi connectivity index (χ4v) is 5.33. The number of aryl methyl sites for hydroxylation is 1. The Morgan fingerprint density at radius 3 is 2.93 bits per heavy atom. The molecule has 0 aliphatic carbocycles. The molecule has 1 saturated heterocycles. The lowest BCUT2D eigenvalue weighted by Crippen LogP contribution is -2.30. The van der Waals surface area contributed by atoms with Gasteiger partial charge in [0.1, 0.15) is 11.6 Å². The van der Waals surface area contributed by atoms with Crippen LogP contribution >= 0.6 is 0 Å². The molecule has 3 heterocycles. The molecule has 1 fully saturated rings. The van der Waals surface area contributed by atoms with Gasteiger partial charge in [0.05, 0.1) is 23.0 Å². The largest absolute Gasteiger partial charge is 0.327 e. The number of fused-ring (bicyclic) bond motifs is 1. The smallest absolute Gasteiger partial charge is 0.218 e. The standard InChI is InChI=1S/C19H21FN4O2S/c1-2-24-18-11-21-8-6-17(18)22-19(24)15-7-9-23(12-15)27(25,26)13-14-4-3-5-16(20)10-14/h3-6,8,10-11,15H,2,7,9,12-13H2,1H3. The molecule has 1 unspecified atom stereocenters. The third-order valence-corrected chi connectivity index (χ3v) is 6.86. The Balaban J connectivity index is 1.56. The third-order valence-electron chi connectivity index (χ3n) is 5.04. The van der Waals surface area contributed by atoms with Gasteiger partial charge in [-0.25, -0.2) is 22.1 Å². The summed E-state index contributed by atoms with van der Waals surface area (Å²) in [5, 5.41) is 0. The van der Waals surface area contributed by atoms with E-state index in [1.807, 2.05) is 13.0 Å². The lowest BCUT2D eigenvalue weighted by molar-refractivity contribution is 0.468. The van der Waals surface area contributed by atoms with Gasteiger partial charge in [-0.1, -0.05) is 12.1 Å². The van der Waals surface area contributed by atoms with Gasteiger partial charge in [0, 0.05) is 31.7 Å². The van der Waals surface area contributed by atoms with Gasteiger partial charge in [-0.15, -0.1) is 0 Å². The fraction of sp³-hybridized carbons (Fsp3) is 0.368. The molecule has 0 saturated carbocycles. The van der Waals surface area contributed by atoms with Crippen LogP contribution in [-0.2, 0) is 22.3 Å². The van der Waals surface area contributed by atoms with Gasteiger partial charge in [-0.2, -0.15) is 0 Å². The van der Waals surface area contributed by atoms with Crippen molar-refractivity contribution in [2.75, 3.05) is 13.1 Å². The van der Waals surface area contributed by atoms with Gasteiger partial charge in [0.2, 0.25) is 10.0 Å². The van der Waals surface area contributed by atoms with Crippen molar-refractivity contribution < 1.29 is 12.8 Å². The second-order valence-corrected chi connectivity index (χ2v) is 8.78. The number of sulfonamides is 1. The van der Waals surface area contributed by atoms with Crippen molar-refractivity contribution >= 4 is 21.1 Å². The molecular weight excluding hydrogens is 367 g/mol. The number of pyridine rings is 1. The molecular formula is C19H21FN4O2S. The summed E-state index contributed by atoms with van der Waals surface area (Å²) < 4.78 is 42.5. The van der Waals surface area contributed by atoms with Crippen LogP contribution in [0.25, 0.3) is 11.0 Å². The number of halogens is 1. The molecule has 0 N–H and O–H groups in total. The van der Waals surface area contributed by atoms with Gasteiger partial charge in [0.25, 0.3) is 0 Å². The first kappa shape index (κ1) is 18.1. The summed E-state index contributed by atoms with van der Waals surface area (Å²) in [6.07, 6.45) is 4.23. The van der Waals surface area contributed by atoms with Crippen molar-refractivity contribution in [3.8, 4) is 0 Å². The zero-order chi connectivity index (χ0) is 19.0. The van der Waals surface area contributed by atoms with Crippen LogP contribution in [0.2, 0.25) is 0 Å². The molecule has 1 aliphatic heterocycles. The van der Waals surface area contributed by atoms with E-state index in [4.69, 9.17) is 4.98 Å². The molecule has 27 heavy (non-hydrogen) atoms. The van der Waals surface area contributed by atoms with Crippen LogP contribution in [0.3, 0.4) is 0 Å². The molecule has 6 nitrogen and oxygen atoms in total. The van der Waals surface area contributed by atoms with Crippen molar-refractivity contribution in [2.45, 2.75) is 31.6 Å². The highest BCUT2D eigenvalue weighted by Crippen LogP contribution is 2.31. The first-order valence-corrected chi connectivity index (χ1v) is 10.6. The van der Waals surface area contributed by atoms with E-state index in [9.17, 15) is 12.8 Å². The Morgan fingerprint density at radius 1 is 1.30 bits per heavy atom. The van der Waals surface area contributed by atoms with E-state index in [0.29, 0.717) is 18.7 Å². The quantitative estimate of drug-likeness (QED) is 0.674. The molecule has 1 aliphatic rings. The second-order valence-electron chi connectivity index (χ2n) is 6.81. The van der Waals surface area contributed by atoms with Gasteiger partial charge in [0.15, 0.2) is 0 Å². The Labute approximate surface area is 157 Å². The van der Waals surface area contributed by atoms with E-state index in [0.717, 1.165) is 29.8 Å². The van der Waals surface area contributed by atoms with Crippen molar-refractivity contribution in [3.05, 3.63) is 59.9 Å². The molecule has 2 aromatic heterocycles. The topological polar surface area (TPSA) is 68.1 Å². The van der Waals surface area contributed by atoms with Crippen LogP contribution in [0.1, 0.15) is 30.7 Å². The Kier molecular flexibility index (Phi) is 4.69. The molecule has 4 rings (SSSR count). The molecule has 0 amide bonds. The maximum atomic E-state index is 13.4. The predicted molar refractivity (Wildman–Crippen MR) is 101 cm³/mol. The molecule has 1 aromatic carbocycles. The molecule has 0 radical (unpaired) electrons. The van der Waals surface area contributed by atoms with Crippen molar-refractivity contribution in [1.29, 1.82) is 0 Å². The summed E-state index contributed by atoms with van der Waals surface area (Å²) in [5.41, 5.74) is 2.31. The fourth-order valence-electron chi connectivity index (χ4n) is 3.75. The van der Waals surface area contributed by atoms with Crippen LogP contribution in [-0.4, -0.2) is 40.3 Å². The Hall–Kier alpha value is -2.32. The van der Waals surface area contributed by atoms with Crippen molar-refractivity contribution in [3.63, 3.8) is 0 Å². The number of imidazole rings is 1. The van der Waals surface area contributed by atoms with Crippen LogP contribution in [0.4, 0.5) is 4.39 Å². The number of hydrogen-bond donors (Lipinski definition) is 0. The monoisotopic (exact) mass is 388 g/mol. The second kappa shape index (κ2) is 7.01. The van der Waals surface area contributed by atoms with Crippen molar-refractivity contribution in [2.24, 2.45) is 0 Å². The number of aromatic nitrogens is 3. The third kappa shape index (κ3) is 3.46. The van der Waals surface area contributed by atoms with E-state index < -0.39 is 15.8 Å². The summed E-state index contributed by atoms with van der Waals surface area (Å²) >= 11 is 0. The number of benzene rings is 1. The van der Waals surface area contributed by atoms with Gasteiger partial charge in [-0.05, 0) is 37.1 Å². The summed E-state index contributed by atoms with van der Waals surface area (Å²) in [7, 11) is -3.50. The van der Waals surface area contributed by atoms with Crippen LogP contribution in [0.5, 0.6) is 0 Å². The minimum absolute atomic E-state index is 0.0413. The van der Waals surface area contributed by atoms with Crippen LogP contribution < -0.4 is 0 Å². The first-order valence-electron chi connectivity index (χ1n) is 9.00. The molecule has 0 bridgehead atoms. The molecule has 142 valence electrons. The zero-order valence-corrected chi connectivity index (χ0v) is 15.9. The van der Waals surface area contributed by atoms with E-state index >= 15 is 0 Å². The highest BCUT2D eigenvalue weighted by atomic mass is 32.2. The van der Waals surface area contributed by atoms with Crippen LogP contribution in [0.15, 0.2) is 42.7 Å². The van der Waals surface area contributed by atoms with E-state index in [-0.39, 0.29) is 11.7 Å². The normalized spacial score (nSPS) is 18.4. The van der Waals surface area contributed by atoms with Crippen LogP contribution in [0, 0.1) is 5.82 Å². The highest BCUT2D eigenvalue weighted by Gasteiger charge is 2.34. The predicted octanol–water partition coefficient (Wildman–Crippen LogP) is 2.91. The lowest BCUT2D eigenvalue weighted by Gasteiger charge is -2.17. The average Bonchev–Trinajstić information content (AvgIpc) is 3.26. The molecule has 0 spiro atoms. The maximum Gasteiger partial charge on any atom is 0.218 e. The Bertz CT molecular complexity index is 1080.